The Kier molecular flexibility index (Phi) is 5.44. The maximum atomic E-state index is 12.7. The van der Waals surface area contributed by atoms with Crippen molar-refractivity contribution in [3.8, 4) is 0 Å². The molecule has 0 aliphatic heterocycles. The van der Waals surface area contributed by atoms with Gasteiger partial charge in [0.05, 0.1) is 0 Å². The number of carbonyl (C=O) groups excluding carboxylic acids is 1. The van der Waals surface area contributed by atoms with E-state index < -0.39 is 0 Å². The highest BCUT2D eigenvalue weighted by molar-refractivity contribution is 6.30. The second kappa shape index (κ2) is 7.09. The van der Waals surface area contributed by atoms with Crippen LogP contribution in [-0.4, -0.2) is 23.9 Å². The lowest BCUT2D eigenvalue weighted by Crippen LogP contribution is -2.38. The van der Waals surface area contributed by atoms with Gasteiger partial charge in [0.25, 0.3) is 0 Å². The Balaban J connectivity index is 2.03. The molecule has 110 valence electrons. The first kappa shape index (κ1) is 15.3. The Hall–Kier alpha value is -1.06. The molecule has 1 aliphatic rings. The minimum absolute atomic E-state index is 0.118. The topological polar surface area (TPSA) is 46.3 Å². The molecule has 0 saturated heterocycles. The van der Waals surface area contributed by atoms with E-state index in [4.69, 9.17) is 17.3 Å². The summed E-state index contributed by atoms with van der Waals surface area (Å²) in [6, 6.07) is 7.70. The van der Waals surface area contributed by atoms with Gasteiger partial charge in [0.15, 0.2) is 0 Å². The normalized spacial score (nSPS) is 21.9. The van der Waals surface area contributed by atoms with Gasteiger partial charge in [-0.3, -0.25) is 4.79 Å². The molecule has 1 aromatic rings. The van der Waals surface area contributed by atoms with Gasteiger partial charge >= 0.3 is 0 Å². The minimum Gasteiger partial charge on any atom is -0.338 e. The van der Waals surface area contributed by atoms with E-state index >= 15 is 0 Å². The fourth-order valence-electron chi connectivity index (χ4n) is 3.03. The standard InChI is InChI=1S/C16H23ClN2O/c1-2-19(11-12-6-8-14(17)9-7-12)16(20)15-5-3-4-13(15)10-18/h6-9,13,15H,2-5,10-11,18H2,1H3/t13-,15-/m1/s1. The van der Waals surface area contributed by atoms with Crippen LogP contribution in [0.3, 0.4) is 0 Å². The number of carbonyl (C=O) groups is 1. The van der Waals surface area contributed by atoms with E-state index in [1.54, 1.807) is 0 Å². The summed E-state index contributed by atoms with van der Waals surface area (Å²) in [7, 11) is 0. The summed E-state index contributed by atoms with van der Waals surface area (Å²) in [5.74, 6) is 0.740. The fourth-order valence-corrected chi connectivity index (χ4v) is 3.16. The SMILES string of the molecule is CCN(Cc1ccc(Cl)cc1)C(=O)[C@@H]1CCC[C@@H]1CN. The van der Waals surface area contributed by atoms with E-state index in [-0.39, 0.29) is 11.8 Å². The Bertz CT molecular complexity index is 446. The second-order valence-corrected chi connectivity index (χ2v) is 5.95. The Labute approximate surface area is 126 Å². The number of halogens is 1. The van der Waals surface area contributed by atoms with Crippen molar-refractivity contribution in [1.82, 2.24) is 4.90 Å². The second-order valence-electron chi connectivity index (χ2n) is 5.51. The van der Waals surface area contributed by atoms with Gasteiger partial charge in [-0.15, -0.1) is 0 Å². The number of benzene rings is 1. The van der Waals surface area contributed by atoms with E-state index in [1.807, 2.05) is 36.1 Å². The van der Waals surface area contributed by atoms with Crippen molar-refractivity contribution in [1.29, 1.82) is 0 Å². The maximum Gasteiger partial charge on any atom is 0.226 e. The number of nitrogens with zero attached hydrogens (tertiary/aromatic N) is 1. The molecular weight excluding hydrogens is 272 g/mol. The number of hydrogen-bond donors (Lipinski definition) is 1. The summed E-state index contributed by atoms with van der Waals surface area (Å²) >= 11 is 5.89. The molecule has 0 heterocycles. The molecule has 0 bridgehead atoms. The predicted molar refractivity (Wildman–Crippen MR) is 82.4 cm³/mol. The van der Waals surface area contributed by atoms with Gasteiger partial charge in [0.2, 0.25) is 5.91 Å². The summed E-state index contributed by atoms with van der Waals surface area (Å²) in [4.78, 5) is 14.6. The van der Waals surface area contributed by atoms with E-state index in [0.717, 1.165) is 36.4 Å². The van der Waals surface area contributed by atoms with Crippen LogP contribution in [0.2, 0.25) is 5.02 Å². The highest BCUT2D eigenvalue weighted by Crippen LogP contribution is 2.32. The van der Waals surface area contributed by atoms with Crippen LogP contribution < -0.4 is 5.73 Å². The van der Waals surface area contributed by atoms with Crippen LogP contribution in [0.25, 0.3) is 0 Å². The highest BCUT2D eigenvalue weighted by atomic mass is 35.5. The molecule has 1 aliphatic carbocycles. The van der Waals surface area contributed by atoms with E-state index in [1.165, 1.54) is 0 Å². The lowest BCUT2D eigenvalue weighted by molar-refractivity contribution is -0.137. The summed E-state index contributed by atoms with van der Waals surface area (Å²) < 4.78 is 0. The van der Waals surface area contributed by atoms with Gasteiger partial charge in [-0.1, -0.05) is 30.2 Å². The molecular formula is C16H23ClN2O. The average molecular weight is 295 g/mol. The lowest BCUT2D eigenvalue weighted by atomic mass is 9.94. The molecule has 1 amide bonds. The zero-order chi connectivity index (χ0) is 14.5. The van der Waals surface area contributed by atoms with E-state index in [9.17, 15) is 4.79 Å². The first-order chi connectivity index (χ1) is 9.65. The molecule has 0 unspecified atom stereocenters. The molecule has 2 N–H and O–H groups in total. The van der Waals surface area contributed by atoms with Crippen LogP contribution >= 0.6 is 11.6 Å². The van der Waals surface area contributed by atoms with Gasteiger partial charge in [0, 0.05) is 24.0 Å². The van der Waals surface area contributed by atoms with E-state index in [0.29, 0.717) is 19.0 Å². The van der Waals surface area contributed by atoms with Crippen molar-refractivity contribution < 1.29 is 4.79 Å². The molecule has 2 atom stereocenters. The first-order valence-corrected chi connectivity index (χ1v) is 7.76. The number of nitrogens with two attached hydrogens (primary N) is 1. The zero-order valence-electron chi connectivity index (χ0n) is 12.0. The Morgan fingerprint density at radius 3 is 2.65 bits per heavy atom. The first-order valence-electron chi connectivity index (χ1n) is 7.39. The molecule has 1 fully saturated rings. The van der Waals surface area contributed by atoms with Crippen LogP contribution in [-0.2, 0) is 11.3 Å². The number of hydrogen-bond acceptors (Lipinski definition) is 2. The maximum absolute atomic E-state index is 12.7. The summed E-state index contributed by atoms with van der Waals surface area (Å²) in [6.07, 6.45) is 3.19. The van der Waals surface area contributed by atoms with Gasteiger partial charge in [-0.2, -0.15) is 0 Å². The summed E-state index contributed by atoms with van der Waals surface area (Å²) in [6.45, 7) is 4.03. The molecule has 3 nitrogen and oxygen atoms in total. The van der Waals surface area contributed by atoms with Gasteiger partial charge in [0.1, 0.15) is 0 Å². The molecule has 20 heavy (non-hydrogen) atoms. The zero-order valence-corrected chi connectivity index (χ0v) is 12.8. The van der Waals surface area contributed by atoms with Crippen LogP contribution in [0.5, 0.6) is 0 Å². The summed E-state index contributed by atoms with van der Waals surface area (Å²) in [5, 5.41) is 0.724. The quantitative estimate of drug-likeness (QED) is 0.907. The molecule has 2 rings (SSSR count). The van der Waals surface area contributed by atoms with Crippen molar-refractivity contribution >= 4 is 17.5 Å². The third-order valence-corrected chi connectivity index (χ3v) is 4.51. The Morgan fingerprint density at radius 1 is 1.35 bits per heavy atom. The molecule has 0 aromatic heterocycles. The third kappa shape index (κ3) is 3.53. The van der Waals surface area contributed by atoms with Gasteiger partial charge in [-0.05, 0) is 49.9 Å². The average Bonchev–Trinajstić information content (AvgIpc) is 2.94. The molecule has 0 radical (unpaired) electrons. The lowest BCUT2D eigenvalue weighted by Gasteiger charge is -2.27. The molecule has 0 spiro atoms. The van der Waals surface area contributed by atoms with Gasteiger partial charge in [-0.25, -0.2) is 0 Å². The van der Waals surface area contributed by atoms with Gasteiger partial charge < -0.3 is 10.6 Å². The number of rotatable bonds is 5. The summed E-state index contributed by atoms with van der Waals surface area (Å²) in [5.41, 5.74) is 6.90. The van der Waals surface area contributed by atoms with Crippen molar-refractivity contribution in [3.05, 3.63) is 34.9 Å². The minimum atomic E-state index is 0.118. The van der Waals surface area contributed by atoms with Crippen LogP contribution in [0.15, 0.2) is 24.3 Å². The van der Waals surface area contributed by atoms with Crippen molar-refractivity contribution in [3.63, 3.8) is 0 Å². The highest BCUT2D eigenvalue weighted by Gasteiger charge is 2.34. The third-order valence-electron chi connectivity index (χ3n) is 4.26. The van der Waals surface area contributed by atoms with Crippen molar-refractivity contribution in [2.75, 3.05) is 13.1 Å². The molecule has 1 saturated carbocycles. The Morgan fingerprint density at radius 2 is 2.05 bits per heavy atom. The van der Waals surface area contributed by atoms with Crippen molar-refractivity contribution in [2.24, 2.45) is 17.6 Å². The smallest absolute Gasteiger partial charge is 0.226 e. The monoisotopic (exact) mass is 294 g/mol. The number of amides is 1. The van der Waals surface area contributed by atoms with Crippen LogP contribution in [0, 0.1) is 11.8 Å². The van der Waals surface area contributed by atoms with E-state index in [2.05, 4.69) is 0 Å². The molecule has 1 aromatic carbocycles. The fraction of sp³-hybridized carbons (Fsp3) is 0.562. The predicted octanol–water partition coefficient (Wildman–Crippen LogP) is 3.06. The van der Waals surface area contributed by atoms with Crippen molar-refractivity contribution in [2.45, 2.75) is 32.7 Å². The largest absolute Gasteiger partial charge is 0.338 e. The van der Waals surface area contributed by atoms with Crippen LogP contribution in [0.4, 0.5) is 0 Å². The van der Waals surface area contributed by atoms with Crippen LogP contribution in [0.1, 0.15) is 31.7 Å². The molecule has 4 heteroatoms.